The van der Waals surface area contributed by atoms with Crippen molar-refractivity contribution in [1.29, 1.82) is 0 Å². The van der Waals surface area contributed by atoms with Gasteiger partial charge in [0.1, 0.15) is 12.6 Å². The van der Waals surface area contributed by atoms with Gasteiger partial charge >= 0.3 is 6.03 Å². The number of carbonyl (C=O) groups is 3. The van der Waals surface area contributed by atoms with Crippen molar-refractivity contribution in [2.45, 2.75) is 26.8 Å². The van der Waals surface area contributed by atoms with Crippen molar-refractivity contribution in [2.75, 3.05) is 42.5 Å². The first-order valence-corrected chi connectivity index (χ1v) is 10.7. The van der Waals surface area contributed by atoms with Gasteiger partial charge in [0.15, 0.2) is 0 Å². The number of aryl methyl sites for hydroxylation is 2. The van der Waals surface area contributed by atoms with Crippen molar-refractivity contribution in [1.82, 2.24) is 9.80 Å². The molecule has 0 aliphatic carbocycles. The number of benzene rings is 2. The first-order valence-electron chi connectivity index (χ1n) is 10.7. The lowest BCUT2D eigenvalue weighted by molar-refractivity contribution is -0.137. The van der Waals surface area contributed by atoms with E-state index in [4.69, 9.17) is 0 Å². The van der Waals surface area contributed by atoms with Crippen molar-refractivity contribution in [2.24, 2.45) is 0 Å². The van der Waals surface area contributed by atoms with Gasteiger partial charge in [0.25, 0.3) is 5.91 Å². The second-order valence-electron chi connectivity index (χ2n) is 8.24. The number of amides is 4. The summed E-state index contributed by atoms with van der Waals surface area (Å²) < 4.78 is 0. The molecule has 2 aromatic carbocycles. The van der Waals surface area contributed by atoms with Crippen LogP contribution in [0.25, 0.3) is 0 Å². The summed E-state index contributed by atoms with van der Waals surface area (Å²) in [6.07, 6.45) is 0. The Bertz CT molecular complexity index is 996. The molecule has 0 N–H and O–H groups in total. The van der Waals surface area contributed by atoms with Crippen LogP contribution in [0.15, 0.2) is 48.5 Å². The van der Waals surface area contributed by atoms with E-state index in [1.54, 1.807) is 11.8 Å². The highest BCUT2D eigenvalue weighted by Gasteiger charge is 2.44. The first-order chi connectivity index (χ1) is 14.9. The smallest absolute Gasteiger partial charge is 0.332 e. The molecular formula is C24H28N4O3. The lowest BCUT2D eigenvalue weighted by Crippen LogP contribution is -2.52. The van der Waals surface area contributed by atoms with E-state index in [9.17, 15) is 14.4 Å². The number of carbonyl (C=O) groups excluding carboxylic acids is 3. The molecule has 4 rings (SSSR count). The quantitative estimate of drug-likeness (QED) is 0.714. The highest BCUT2D eigenvalue weighted by molar-refractivity contribution is 6.15. The van der Waals surface area contributed by atoms with Crippen LogP contribution in [0.4, 0.5) is 16.2 Å². The Morgan fingerprint density at radius 1 is 0.935 bits per heavy atom. The molecule has 1 atom stereocenters. The van der Waals surface area contributed by atoms with Crippen LogP contribution in [0.5, 0.6) is 0 Å². The van der Waals surface area contributed by atoms with Crippen LogP contribution >= 0.6 is 0 Å². The molecule has 2 aromatic rings. The predicted molar refractivity (Wildman–Crippen MR) is 120 cm³/mol. The number of anilines is 2. The summed E-state index contributed by atoms with van der Waals surface area (Å²) in [5.74, 6) is -0.526. The van der Waals surface area contributed by atoms with Crippen molar-refractivity contribution in [3.05, 3.63) is 59.7 Å². The molecule has 2 aliphatic rings. The summed E-state index contributed by atoms with van der Waals surface area (Å²) in [4.78, 5) is 45.2. The van der Waals surface area contributed by atoms with E-state index in [0.717, 1.165) is 23.6 Å². The van der Waals surface area contributed by atoms with E-state index in [2.05, 4.69) is 24.0 Å². The fourth-order valence-corrected chi connectivity index (χ4v) is 4.26. The van der Waals surface area contributed by atoms with Gasteiger partial charge in [-0.25, -0.2) is 4.79 Å². The zero-order chi connectivity index (χ0) is 22.1. The third-order valence-corrected chi connectivity index (χ3v) is 6.14. The van der Waals surface area contributed by atoms with Gasteiger partial charge in [-0.15, -0.1) is 0 Å². The lowest BCUT2D eigenvalue weighted by atomic mass is 10.1. The fraction of sp³-hybridized carbons (Fsp3) is 0.375. The summed E-state index contributed by atoms with van der Waals surface area (Å²) in [5, 5.41) is 0. The number of rotatable bonds is 4. The van der Waals surface area contributed by atoms with Crippen LogP contribution < -0.4 is 9.80 Å². The summed E-state index contributed by atoms with van der Waals surface area (Å²) in [6, 6.07) is 14.6. The maximum absolute atomic E-state index is 13.0. The number of piperazine rings is 1. The van der Waals surface area contributed by atoms with Crippen LogP contribution in [0.2, 0.25) is 0 Å². The molecule has 0 aromatic heterocycles. The number of imide groups is 1. The van der Waals surface area contributed by atoms with E-state index in [0.29, 0.717) is 18.8 Å². The van der Waals surface area contributed by atoms with E-state index in [-0.39, 0.29) is 18.4 Å². The van der Waals surface area contributed by atoms with Crippen molar-refractivity contribution >= 4 is 29.2 Å². The predicted octanol–water partition coefficient (Wildman–Crippen LogP) is 2.81. The third kappa shape index (κ3) is 4.00. The third-order valence-electron chi connectivity index (χ3n) is 6.14. The van der Waals surface area contributed by atoms with Crippen LogP contribution in [0, 0.1) is 13.8 Å². The highest BCUT2D eigenvalue weighted by Crippen LogP contribution is 2.26. The minimum absolute atomic E-state index is 0.191. The monoisotopic (exact) mass is 420 g/mol. The van der Waals surface area contributed by atoms with E-state index in [1.165, 1.54) is 16.2 Å². The number of nitrogens with zero attached hydrogens (tertiary/aromatic N) is 4. The number of hydrogen-bond donors (Lipinski definition) is 0. The normalized spacial score (nSPS) is 19.4. The molecule has 4 amide bonds. The second-order valence-corrected chi connectivity index (χ2v) is 8.24. The Balaban J connectivity index is 1.39. The van der Waals surface area contributed by atoms with Gasteiger partial charge in [-0.2, -0.15) is 0 Å². The highest BCUT2D eigenvalue weighted by atomic mass is 16.2. The summed E-state index contributed by atoms with van der Waals surface area (Å²) in [6.45, 7) is 8.13. The number of hydrogen-bond acceptors (Lipinski definition) is 4. The molecule has 2 aliphatic heterocycles. The average molecular weight is 421 g/mol. The fourth-order valence-electron chi connectivity index (χ4n) is 4.26. The maximum atomic E-state index is 13.0. The molecule has 2 fully saturated rings. The van der Waals surface area contributed by atoms with Crippen molar-refractivity contribution in [3.63, 3.8) is 0 Å². The second kappa shape index (κ2) is 8.41. The van der Waals surface area contributed by atoms with Crippen LogP contribution in [0.3, 0.4) is 0 Å². The Morgan fingerprint density at radius 2 is 1.58 bits per heavy atom. The minimum Gasteiger partial charge on any atom is -0.368 e. The summed E-state index contributed by atoms with van der Waals surface area (Å²) in [5.41, 5.74) is 4.13. The molecule has 31 heavy (non-hydrogen) atoms. The van der Waals surface area contributed by atoms with Gasteiger partial charge in [-0.05, 0) is 44.5 Å². The standard InChI is InChI=1S/C24H28N4O3/c1-17-8-10-20(11-9-17)28-19(3)23(30)27(24(28)31)16-22(29)26-14-12-25(13-15-26)21-7-5-4-6-18(21)2/h4-11,19H,12-16H2,1-3H3/t19-/m0/s1. The van der Waals surface area contributed by atoms with Gasteiger partial charge in [0.05, 0.1) is 0 Å². The molecule has 0 radical (unpaired) electrons. The van der Waals surface area contributed by atoms with Crippen LogP contribution in [-0.2, 0) is 9.59 Å². The number of para-hydroxylation sites is 1. The molecule has 0 saturated carbocycles. The molecule has 7 nitrogen and oxygen atoms in total. The Kier molecular flexibility index (Phi) is 5.67. The van der Waals surface area contributed by atoms with Crippen LogP contribution in [-0.4, -0.2) is 66.4 Å². The summed E-state index contributed by atoms with van der Waals surface area (Å²) in [7, 11) is 0. The van der Waals surface area contributed by atoms with Gasteiger partial charge in [0.2, 0.25) is 5.91 Å². The lowest BCUT2D eigenvalue weighted by Gasteiger charge is -2.37. The SMILES string of the molecule is Cc1ccc(N2C(=O)N(CC(=O)N3CCN(c4ccccc4C)CC3)C(=O)[C@@H]2C)cc1. The van der Waals surface area contributed by atoms with Gasteiger partial charge < -0.3 is 9.80 Å². The molecule has 0 bridgehead atoms. The largest absolute Gasteiger partial charge is 0.368 e. The maximum Gasteiger partial charge on any atom is 0.332 e. The van der Waals surface area contributed by atoms with E-state index < -0.39 is 12.1 Å². The molecular weight excluding hydrogens is 392 g/mol. The molecule has 7 heteroatoms. The Labute approximate surface area is 182 Å². The average Bonchev–Trinajstić information content (AvgIpc) is 2.98. The van der Waals surface area contributed by atoms with Gasteiger partial charge in [0, 0.05) is 37.6 Å². The van der Waals surface area contributed by atoms with Crippen LogP contribution in [0.1, 0.15) is 18.1 Å². The van der Waals surface area contributed by atoms with Gasteiger partial charge in [-0.1, -0.05) is 35.9 Å². The Morgan fingerprint density at radius 3 is 2.23 bits per heavy atom. The molecule has 162 valence electrons. The molecule has 0 unspecified atom stereocenters. The van der Waals surface area contributed by atoms with Gasteiger partial charge in [-0.3, -0.25) is 19.4 Å². The molecule has 0 spiro atoms. The molecule has 2 heterocycles. The number of urea groups is 1. The minimum atomic E-state index is -0.624. The van der Waals surface area contributed by atoms with E-state index >= 15 is 0 Å². The van der Waals surface area contributed by atoms with Crippen molar-refractivity contribution < 1.29 is 14.4 Å². The zero-order valence-electron chi connectivity index (χ0n) is 18.2. The Hall–Kier alpha value is -3.35. The molecule has 2 saturated heterocycles. The van der Waals surface area contributed by atoms with Crippen molar-refractivity contribution in [3.8, 4) is 0 Å². The topological polar surface area (TPSA) is 64.2 Å². The summed E-state index contributed by atoms with van der Waals surface area (Å²) >= 11 is 0. The first kappa shape index (κ1) is 20.9. The van der Waals surface area contributed by atoms with E-state index in [1.807, 2.05) is 43.3 Å². The zero-order valence-corrected chi connectivity index (χ0v) is 18.2.